The zero-order valence-electron chi connectivity index (χ0n) is 13.9. The van der Waals surface area contributed by atoms with E-state index in [1.807, 2.05) is 6.07 Å². The maximum Gasteiger partial charge on any atom is 0.249 e. The van der Waals surface area contributed by atoms with Crippen molar-refractivity contribution in [2.45, 2.75) is 37.8 Å². The summed E-state index contributed by atoms with van der Waals surface area (Å²) in [7, 11) is 0. The fourth-order valence-electron chi connectivity index (χ4n) is 3.35. The lowest BCUT2D eigenvalue weighted by molar-refractivity contribution is -0.132. The highest BCUT2D eigenvalue weighted by molar-refractivity contribution is 5.87. The highest BCUT2D eigenvalue weighted by atomic mass is 16.3. The molecular weight excluding hydrogens is 320 g/mol. The van der Waals surface area contributed by atoms with Gasteiger partial charge in [-0.2, -0.15) is 0 Å². The number of pyridine rings is 1. The number of piperidine rings is 1. The second-order valence-corrected chi connectivity index (χ2v) is 6.86. The lowest BCUT2D eigenvalue weighted by Gasteiger charge is -2.34. The van der Waals surface area contributed by atoms with Crippen LogP contribution in [0.2, 0.25) is 0 Å². The van der Waals surface area contributed by atoms with E-state index in [0.717, 1.165) is 50.0 Å². The van der Waals surface area contributed by atoms with Crippen LogP contribution in [-0.4, -0.2) is 51.2 Å². The summed E-state index contributed by atoms with van der Waals surface area (Å²) < 4.78 is 0. The third-order valence-corrected chi connectivity index (χ3v) is 4.98. The SMILES string of the molecule is Nc1ccc2c(N3CCC(C(O)C(=O)NC4CC4)CC3)ncnc2n1. The molecular formula is C17H22N6O2. The molecule has 1 unspecified atom stereocenters. The minimum atomic E-state index is -0.925. The minimum Gasteiger partial charge on any atom is -0.384 e. The number of rotatable bonds is 4. The number of aromatic nitrogens is 3. The van der Waals surface area contributed by atoms with Crippen molar-refractivity contribution in [3.8, 4) is 0 Å². The van der Waals surface area contributed by atoms with E-state index in [4.69, 9.17) is 5.73 Å². The molecule has 25 heavy (non-hydrogen) atoms. The van der Waals surface area contributed by atoms with Crippen molar-refractivity contribution in [1.29, 1.82) is 0 Å². The maximum atomic E-state index is 12.0. The Kier molecular flexibility index (Phi) is 4.12. The van der Waals surface area contributed by atoms with Crippen LogP contribution in [0.25, 0.3) is 11.0 Å². The second-order valence-electron chi connectivity index (χ2n) is 6.86. The number of hydrogen-bond donors (Lipinski definition) is 3. The van der Waals surface area contributed by atoms with Gasteiger partial charge in [0.25, 0.3) is 0 Å². The number of amides is 1. The van der Waals surface area contributed by atoms with Crippen molar-refractivity contribution >= 4 is 28.6 Å². The van der Waals surface area contributed by atoms with Gasteiger partial charge in [0.1, 0.15) is 24.1 Å². The minimum absolute atomic E-state index is 0.0168. The molecule has 1 saturated heterocycles. The fraction of sp³-hybridized carbons (Fsp3) is 0.529. The van der Waals surface area contributed by atoms with Crippen molar-refractivity contribution in [2.24, 2.45) is 5.92 Å². The van der Waals surface area contributed by atoms with Gasteiger partial charge in [-0.1, -0.05) is 0 Å². The molecule has 0 spiro atoms. The second kappa shape index (κ2) is 6.44. The number of nitrogens with one attached hydrogen (secondary N) is 1. The Hall–Kier alpha value is -2.48. The molecule has 0 bridgehead atoms. The Morgan fingerprint density at radius 2 is 2.00 bits per heavy atom. The van der Waals surface area contributed by atoms with Crippen LogP contribution < -0.4 is 16.0 Å². The molecule has 0 aromatic carbocycles. The predicted octanol–water partition coefficient (Wildman–Crippen LogP) is 0.463. The van der Waals surface area contributed by atoms with E-state index in [2.05, 4.69) is 25.2 Å². The molecule has 8 heteroatoms. The van der Waals surface area contributed by atoms with Gasteiger partial charge in [-0.05, 0) is 43.7 Å². The third-order valence-electron chi connectivity index (χ3n) is 4.98. The Morgan fingerprint density at radius 3 is 2.72 bits per heavy atom. The zero-order chi connectivity index (χ0) is 17.4. The quantitative estimate of drug-likeness (QED) is 0.739. The van der Waals surface area contributed by atoms with Gasteiger partial charge in [0.05, 0.1) is 5.39 Å². The van der Waals surface area contributed by atoms with Crippen LogP contribution in [0.15, 0.2) is 18.5 Å². The first-order valence-electron chi connectivity index (χ1n) is 8.72. The number of nitrogen functional groups attached to an aromatic ring is 1. The summed E-state index contributed by atoms with van der Waals surface area (Å²) in [4.78, 5) is 27.0. The molecule has 1 aliphatic carbocycles. The maximum absolute atomic E-state index is 12.0. The van der Waals surface area contributed by atoms with Gasteiger partial charge in [0.2, 0.25) is 5.91 Å². The van der Waals surface area contributed by atoms with E-state index in [1.54, 1.807) is 6.07 Å². The summed E-state index contributed by atoms with van der Waals surface area (Å²) in [5, 5.41) is 14.0. The number of nitrogens with zero attached hydrogens (tertiary/aromatic N) is 4. The molecule has 2 aliphatic rings. The van der Waals surface area contributed by atoms with Gasteiger partial charge in [-0.3, -0.25) is 4.79 Å². The number of carbonyl (C=O) groups excluding carboxylic acids is 1. The van der Waals surface area contributed by atoms with Gasteiger partial charge in [0, 0.05) is 19.1 Å². The number of nitrogens with two attached hydrogens (primary N) is 1. The number of aliphatic hydroxyl groups excluding tert-OH is 1. The van der Waals surface area contributed by atoms with Crippen LogP contribution >= 0.6 is 0 Å². The summed E-state index contributed by atoms with van der Waals surface area (Å²) in [6.45, 7) is 1.46. The average Bonchev–Trinajstić information content (AvgIpc) is 3.44. The average molecular weight is 342 g/mol. The first-order chi connectivity index (χ1) is 12.1. The molecule has 0 radical (unpaired) electrons. The Bertz CT molecular complexity index is 786. The normalized spacial score (nSPS) is 19.8. The number of anilines is 2. The zero-order valence-corrected chi connectivity index (χ0v) is 13.9. The molecule has 2 aromatic heterocycles. The Labute approximate surface area is 145 Å². The van der Waals surface area contributed by atoms with Crippen LogP contribution in [0.3, 0.4) is 0 Å². The highest BCUT2D eigenvalue weighted by Crippen LogP contribution is 2.29. The molecule has 1 amide bonds. The van der Waals surface area contributed by atoms with Gasteiger partial charge < -0.3 is 21.1 Å². The molecule has 4 rings (SSSR count). The Morgan fingerprint density at radius 1 is 1.24 bits per heavy atom. The van der Waals surface area contributed by atoms with E-state index in [1.165, 1.54) is 6.33 Å². The third kappa shape index (κ3) is 3.34. The molecule has 1 aliphatic heterocycles. The van der Waals surface area contributed by atoms with Crippen LogP contribution in [0.1, 0.15) is 25.7 Å². The largest absolute Gasteiger partial charge is 0.384 e. The summed E-state index contributed by atoms with van der Waals surface area (Å²) in [6.07, 6.45) is 4.10. The van der Waals surface area contributed by atoms with E-state index < -0.39 is 6.10 Å². The molecule has 4 N–H and O–H groups in total. The van der Waals surface area contributed by atoms with E-state index in [-0.39, 0.29) is 17.9 Å². The highest BCUT2D eigenvalue weighted by Gasteiger charge is 2.33. The van der Waals surface area contributed by atoms with Gasteiger partial charge in [0.15, 0.2) is 5.65 Å². The standard InChI is InChI=1S/C17H22N6O2/c18-13-4-3-12-15(22-13)19-9-20-16(12)23-7-5-10(6-8-23)14(24)17(25)21-11-1-2-11/h3-4,9-11,14,24H,1-2,5-8H2,(H,21,25)(H2,18,19,20,22). The van der Waals surface area contributed by atoms with Crippen molar-refractivity contribution < 1.29 is 9.90 Å². The van der Waals surface area contributed by atoms with Crippen LogP contribution in [0.4, 0.5) is 11.6 Å². The monoisotopic (exact) mass is 342 g/mol. The number of aliphatic hydroxyl groups is 1. The smallest absolute Gasteiger partial charge is 0.249 e. The summed E-state index contributed by atoms with van der Waals surface area (Å²) in [6, 6.07) is 3.90. The molecule has 2 fully saturated rings. The summed E-state index contributed by atoms with van der Waals surface area (Å²) in [5.41, 5.74) is 6.30. The predicted molar refractivity (Wildman–Crippen MR) is 93.9 cm³/mol. The Balaban J connectivity index is 1.44. The number of hydrogen-bond acceptors (Lipinski definition) is 7. The molecule has 3 heterocycles. The molecule has 1 atom stereocenters. The van der Waals surface area contributed by atoms with Crippen LogP contribution in [0.5, 0.6) is 0 Å². The first-order valence-corrected chi connectivity index (χ1v) is 8.72. The van der Waals surface area contributed by atoms with E-state index >= 15 is 0 Å². The summed E-state index contributed by atoms with van der Waals surface area (Å²) >= 11 is 0. The lowest BCUT2D eigenvalue weighted by Crippen LogP contribution is -2.45. The van der Waals surface area contributed by atoms with E-state index in [9.17, 15) is 9.90 Å². The lowest BCUT2D eigenvalue weighted by atomic mass is 9.90. The van der Waals surface area contributed by atoms with Crippen LogP contribution in [-0.2, 0) is 4.79 Å². The fourth-order valence-corrected chi connectivity index (χ4v) is 3.35. The molecule has 8 nitrogen and oxygen atoms in total. The van der Waals surface area contributed by atoms with E-state index in [0.29, 0.717) is 11.5 Å². The number of carbonyl (C=O) groups is 1. The van der Waals surface area contributed by atoms with Crippen molar-refractivity contribution in [1.82, 2.24) is 20.3 Å². The summed E-state index contributed by atoms with van der Waals surface area (Å²) in [5.74, 6) is 1.01. The number of fused-ring (bicyclic) bond motifs is 1. The molecule has 1 saturated carbocycles. The van der Waals surface area contributed by atoms with Gasteiger partial charge >= 0.3 is 0 Å². The molecule has 132 valence electrons. The van der Waals surface area contributed by atoms with Crippen molar-refractivity contribution in [3.63, 3.8) is 0 Å². The van der Waals surface area contributed by atoms with Crippen molar-refractivity contribution in [2.75, 3.05) is 23.7 Å². The van der Waals surface area contributed by atoms with Crippen molar-refractivity contribution in [3.05, 3.63) is 18.5 Å². The van der Waals surface area contributed by atoms with Gasteiger partial charge in [-0.25, -0.2) is 15.0 Å². The molecule has 2 aromatic rings. The topological polar surface area (TPSA) is 117 Å². The van der Waals surface area contributed by atoms with Gasteiger partial charge in [-0.15, -0.1) is 0 Å². The van der Waals surface area contributed by atoms with Crippen LogP contribution in [0, 0.1) is 5.92 Å². The first kappa shape index (κ1) is 16.0.